The summed E-state index contributed by atoms with van der Waals surface area (Å²) in [5.74, 6) is 0. The van der Waals surface area contributed by atoms with Gasteiger partial charge in [-0.1, -0.05) is 11.6 Å². The molecule has 1 atom stereocenters. The van der Waals surface area contributed by atoms with Crippen molar-refractivity contribution in [2.75, 3.05) is 0 Å². The summed E-state index contributed by atoms with van der Waals surface area (Å²) >= 11 is 5.85. The fourth-order valence-corrected chi connectivity index (χ4v) is 1.98. The van der Waals surface area contributed by atoms with Crippen molar-refractivity contribution in [3.05, 3.63) is 44.1 Å². The van der Waals surface area contributed by atoms with Crippen LogP contribution in [-0.2, 0) is 7.05 Å². The van der Waals surface area contributed by atoms with Gasteiger partial charge in [0.15, 0.2) is 0 Å². The Morgan fingerprint density at radius 3 is 2.59 bits per heavy atom. The topological polar surface area (TPSA) is 70.0 Å². The number of fused-ring (bicyclic) bond motifs is 1. The molecule has 0 saturated carbocycles. The van der Waals surface area contributed by atoms with Crippen molar-refractivity contribution in [3.63, 3.8) is 0 Å². The molecule has 1 aromatic carbocycles. The molecule has 0 radical (unpaired) electrons. The predicted molar refractivity (Wildman–Crippen MR) is 67.4 cm³/mol. The number of nitrogens with two attached hydrogens (primary N) is 1. The van der Waals surface area contributed by atoms with Gasteiger partial charge in [0.1, 0.15) is 0 Å². The lowest BCUT2D eigenvalue weighted by Gasteiger charge is -2.13. The molecule has 17 heavy (non-hydrogen) atoms. The maximum atomic E-state index is 12.1. The average Bonchev–Trinajstić information content (AvgIpc) is 2.26. The molecule has 2 aromatic rings. The van der Waals surface area contributed by atoms with Crippen molar-refractivity contribution in [1.29, 1.82) is 0 Å². The van der Waals surface area contributed by atoms with Crippen molar-refractivity contribution in [1.82, 2.24) is 9.13 Å². The number of rotatable bonds is 1. The molecule has 0 saturated heterocycles. The van der Waals surface area contributed by atoms with Crippen LogP contribution in [0.5, 0.6) is 0 Å². The van der Waals surface area contributed by atoms with E-state index < -0.39 is 17.4 Å². The Bertz CT molecular complexity index is 700. The summed E-state index contributed by atoms with van der Waals surface area (Å²) in [5, 5.41) is 0.835. The standard InChI is InChI=1S/C11H12ClN3O2/c1-6(13)15-10(16)8-5-7(12)3-4-9(8)14(2)11(15)17/h3-6H,13H2,1-2H3. The van der Waals surface area contributed by atoms with Gasteiger partial charge in [0.2, 0.25) is 0 Å². The molecule has 2 N–H and O–H groups in total. The van der Waals surface area contributed by atoms with Crippen molar-refractivity contribution < 1.29 is 0 Å². The number of aryl methyl sites for hydroxylation is 1. The minimum absolute atomic E-state index is 0.386. The van der Waals surface area contributed by atoms with Gasteiger partial charge in [-0.3, -0.25) is 9.36 Å². The molecule has 0 bridgehead atoms. The molecule has 0 aliphatic heterocycles. The summed E-state index contributed by atoms with van der Waals surface area (Å²) in [6, 6.07) is 4.82. The third-order valence-electron chi connectivity index (χ3n) is 2.67. The number of halogens is 1. The molecule has 1 unspecified atom stereocenters. The predicted octanol–water partition coefficient (Wildman–Crippen LogP) is 0.831. The highest BCUT2D eigenvalue weighted by Gasteiger charge is 2.13. The monoisotopic (exact) mass is 253 g/mol. The minimum Gasteiger partial charge on any atom is -0.311 e. The molecule has 0 fully saturated rings. The van der Waals surface area contributed by atoms with Crippen LogP contribution in [0.15, 0.2) is 27.8 Å². The summed E-state index contributed by atoms with van der Waals surface area (Å²) in [5.41, 5.74) is 5.33. The van der Waals surface area contributed by atoms with E-state index in [4.69, 9.17) is 17.3 Å². The van der Waals surface area contributed by atoms with E-state index in [0.717, 1.165) is 4.57 Å². The van der Waals surface area contributed by atoms with Crippen molar-refractivity contribution in [3.8, 4) is 0 Å². The Kier molecular flexibility index (Phi) is 2.81. The Labute approximate surface area is 102 Å². The van der Waals surface area contributed by atoms with Crippen LogP contribution in [0.3, 0.4) is 0 Å². The van der Waals surface area contributed by atoms with Crippen LogP contribution in [0, 0.1) is 0 Å². The molecular formula is C11H12ClN3O2. The van der Waals surface area contributed by atoms with Crippen LogP contribution in [-0.4, -0.2) is 9.13 Å². The molecule has 2 rings (SSSR count). The van der Waals surface area contributed by atoms with Gasteiger partial charge >= 0.3 is 5.69 Å². The molecular weight excluding hydrogens is 242 g/mol. The van der Waals surface area contributed by atoms with E-state index in [1.165, 1.54) is 10.6 Å². The molecule has 0 aliphatic carbocycles. The molecule has 6 heteroatoms. The highest BCUT2D eigenvalue weighted by atomic mass is 35.5. The van der Waals surface area contributed by atoms with Crippen molar-refractivity contribution in [2.45, 2.75) is 13.1 Å². The molecule has 0 aliphatic rings. The highest BCUT2D eigenvalue weighted by Crippen LogP contribution is 2.14. The quantitative estimate of drug-likeness (QED) is 0.818. The normalized spacial score (nSPS) is 12.9. The lowest BCUT2D eigenvalue weighted by molar-refractivity contribution is 0.511. The van der Waals surface area contributed by atoms with Gasteiger partial charge in [-0.25, -0.2) is 9.36 Å². The van der Waals surface area contributed by atoms with E-state index in [2.05, 4.69) is 0 Å². The molecule has 0 amide bonds. The van der Waals surface area contributed by atoms with E-state index in [0.29, 0.717) is 15.9 Å². The summed E-state index contributed by atoms with van der Waals surface area (Å²) in [6.07, 6.45) is -0.676. The lowest BCUT2D eigenvalue weighted by Crippen LogP contribution is -2.43. The number of aromatic nitrogens is 2. The summed E-state index contributed by atoms with van der Waals surface area (Å²) in [7, 11) is 1.59. The first-order valence-corrected chi connectivity index (χ1v) is 5.47. The van der Waals surface area contributed by atoms with Gasteiger partial charge in [-0.15, -0.1) is 0 Å². The fraction of sp³-hybridized carbons (Fsp3) is 0.273. The maximum absolute atomic E-state index is 12.1. The summed E-state index contributed by atoms with van der Waals surface area (Å²) in [4.78, 5) is 24.0. The van der Waals surface area contributed by atoms with Gasteiger partial charge in [-0.05, 0) is 25.1 Å². The zero-order valence-corrected chi connectivity index (χ0v) is 10.2. The molecule has 1 aromatic heterocycles. The number of hydrogen-bond acceptors (Lipinski definition) is 3. The van der Waals surface area contributed by atoms with Gasteiger partial charge in [0.25, 0.3) is 5.56 Å². The van der Waals surface area contributed by atoms with Gasteiger partial charge < -0.3 is 5.73 Å². The Morgan fingerprint density at radius 1 is 1.35 bits per heavy atom. The SMILES string of the molecule is CC(N)n1c(=O)c2cc(Cl)ccc2n(C)c1=O. The van der Waals surface area contributed by atoms with Crippen LogP contribution in [0.25, 0.3) is 10.9 Å². The van der Waals surface area contributed by atoms with Gasteiger partial charge in [-0.2, -0.15) is 0 Å². The fourth-order valence-electron chi connectivity index (χ4n) is 1.81. The molecule has 90 valence electrons. The minimum atomic E-state index is -0.676. The number of benzene rings is 1. The van der Waals surface area contributed by atoms with E-state index in [1.54, 1.807) is 26.1 Å². The smallest absolute Gasteiger partial charge is 0.311 e. The van der Waals surface area contributed by atoms with Crippen LogP contribution >= 0.6 is 11.6 Å². The first-order chi connectivity index (χ1) is 7.93. The zero-order chi connectivity index (χ0) is 12.7. The van der Waals surface area contributed by atoms with Crippen molar-refractivity contribution in [2.24, 2.45) is 12.8 Å². The zero-order valence-electron chi connectivity index (χ0n) is 9.48. The van der Waals surface area contributed by atoms with Crippen LogP contribution < -0.4 is 17.0 Å². The van der Waals surface area contributed by atoms with Crippen LogP contribution in [0.4, 0.5) is 0 Å². The first kappa shape index (κ1) is 11.9. The maximum Gasteiger partial charge on any atom is 0.332 e. The molecule has 0 spiro atoms. The second-order valence-electron chi connectivity index (χ2n) is 3.92. The third kappa shape index (κ3) is 1.77. The molecule has 5 nitrogen and oxygen atoms in total. The van der Waals surface area contributed by atoms with E-state index in [9.17, 15) is 9.59 Å². The highest BCUT2D eigenvalue weighted by molar-refractivity contribution is 6.31. The van der Waals surface area contributed by atoms with Gasteiger partial charge in [0, 0.05) is 12.1 Å². The van der Waals surface area contributed by atoms with Crippen LogP contribution in [0.1, 0.15) is 13.1 Å². The van der Waals surface area contributed by atoms with Crippen LogP contribution in [0.2, 0.25) is 5.02 Å². The summed E-state index contributed by atoms with van der Waals surface area (Å²) in [6.45, 7) is 1.58. The Morgan fingerprint density at radius 2 is 2.00 bits per heavy atom. The van der Waals surface area contributed by atoms with E-state index >= 15 is 0 Å². The van der Waals surface area contributed by atoms with Crippen molar-refractivity contribution >= 4 is 22.5 Å². The van der Waals surface area contributed by atoms with E-state index in [1.807, 2.05) is 0 Å². The average molecular weight is 254 g/mol. The largest absolute Gasteiger partial charge is 0.332 e. The van der Waals surface area contributed by atoms with E-state index in [-0.39, 0.29) is 0 Å². The lowest BCUT2D eigenvalue weighted by atomic mass is 10.2. The second-order valence-corrected chi connectivity index (χ2v) is 4.36. The number of nitrogens with zero attached hydrogens (tertiary/aromatic N) is 2. The Balaban J connectivity index is 3.07. The van der Waals surface area contributed by atoms with Gasteiger partial charge in [0.05, 0.1) is 17.1 Å². The molecule has 1 heterocycles. The number of hydrogen-bond donors (Lipinski definition) is 1. The summed E-state index contributed by atoms with van der Waals surface area (Å²) < 4.78 is 2.40. The first-order valence-electron chi connectivity index (χ1n) is 5.10. The third-order valence-corrected chi connectivity index (χ3v) is 2.90. The second kappa shape index (κ2) is 4.01. The Hall–Kier alpha value is -1.59.